The van der Waals surface area contributed by atoms with Gasteiger partial charge in [-0.05, 0) is 48.6 Å². The first kappa shape index (κ1) is 20.7. The van der Waals surface area contributed by atoms with Crippen molar-refractivity contribution in [1.29, 1.82) is 0 Å². The zero-order valence-corrected chi connectivity index (χ0v) is 16.8. The van der Waals surface area contributed by atoms with Crippen LogP contribution in [0, 0.1) is 0 Å². The molecule has 30 heavy (non-hydrogen) atoms. The van der Waals surface area contributed by atoms with E-state index < -0.39 is 11.7 Å². The average Bonchev–Trinajstić information content (AvgIpc) is 3.37. The van der Waals surface area contributed by atoms with Crippen molar-refractivity contribution in [2.45, 2.75) is 37.9 Å². The number of nitrogens with zero attached hydrogens (tertiary/aromatic N) is 2. The summed E-state index contributed by atoms with van der Waals surface area (Å²) in [4.78, 5) is 18.7. The molecular formula is C22H20ClF3N2O2. The van der Waals surface area contributed by atoms with E-state index in [1.165, 1.54) is 12.1 Å². The summed E-state index contributed by atoms with van der Waals surface area (Å²) in [6.45, 7) is 0.634. The first-order chi connectivity index (χ1) is 14.4. The van der Waals surface area contributed by atoms with Crippen LogP contribution < -0.4 is 0 Å². The highest BCUT2D eigenvalue weighted by atomic mass is 35.5. The molecule has 0 aliphatic carbocycles. The third-order valence-corrected chi connectivity index (χ3v) is 5.60. The van der Waals surface area contributed by atoms with Crippen molar-refractivity contribution in [3.8, 4) is 11.1 Å². The molecule has 0 spiro atoms. The lowest BCUT2D eigenvalue weighted by Gasteiger charge is -2.22. The minimum Gasteiger partial charge on any atom is -0.438 e. The van der Waals surface area contributed by atoms with Crippen molar-refractivity contribution in [3.63, 3.8) is 0 Å². The van der Waals surface area contributed by atoms with Gasteiger partial charge in [-0.2, -0.15) is 13.2 Å². The number of oxazole rings is 1. The smallest absolute Gasteiger partial charge is 0.417 e. The number of fused-ring (bicyclic) bond motifs is 1. The van der Waals surface area contributed by atoms with Crippen LogP contribution in [0.2, 0.25) is 0 Å². The Morgan fingerprint density at radius 3 is 2.80 bits per heavy atom. The summed E-state index contributed by atoms with van der Waals surface area (Å²) >= 11 is 5.69. The van der Waals surface area contributed by atoms with Crippen molar-refractivity contribution in [2.75, 3.05) is 12.4 Å². The zero-order chi connectivity index (χ0) is 21.3. The number of likely N-dealkylation sites (tertiary alicyclic amines) is 1. The molecule has 1 fully saturated rings. The predicted molar refractivity (Wildman–Crippen MR) is 108 cm³/mol. The molecule has 0 radical (unpaired) electrons. The third-order valence-electron chi connectivity index (χ3n) is 5.33. The van der Waals surface area contributed by atoms with Crippen molar-refractivity contribution >= 4 is 28.6 Å². The predicted octanol–water partition coefficient (Wildman–Crippen LogP) is 6.20. The monoisotopic (exact) mass is 436 g/mol. The lowest BCUT2D eigenvalue weighted by Crippen LogP contribution is -2.30. The molecule has 4 rings (SSSR count). The van der Waals surface area contributed by atoms with Gasteiger partial charge in [0.2, 0.25) is 11.8 Å². The van der Waals surface area contributed by atoms with E-state index in [0.717, 1.165) is 18.9 Å². The second-order valence-electron chi connectivity index (χ2n) is 7.32. The van der Waals surface area contributed by atoms with Gasteiger partial charge in [-0.15, -0.1) is 11.6 Å². The minimum absolute atomic E-state index is 0.0141. The van der Waals surface area contributed by atoms with Crippen LogP contribution in [0.25, 0.3) is 22.2 Å². The average molecular weight is 437 g/mol. The molecule has 1 unspecified atom stereocenters. The van der Waals surface area contributed by atoms with E-state index in [4.69, 9.17) is 16.0 Å². The summed E-state index contributed by atoms with van der Waals surface area (Å²) in [6, 6.07) is 10.0. The summed E-state index contributed by atoms with van der Waals surface area (Å²) in [5.41, 5.74) is 0.768. The fraction of sp³-hybridized carbons (Fsp3) is 0.364. The number of aromatic nitrogens is 1. The lowest BCUT2D eigenvalue weighted by atomic mass is 9.99. The molecule has 3 aromatic rings. The van der Waals surface area contributed by atoms with Crippen LogP contribution in [0.15, 0.2) is 46.9 Å². The van der Waals surface area contributed by atoms with Crippen molar-refractivity contribution < 1.29 is 22.4 Å². The maximum absolute atomic E-state index is 13.4. The van der Waals surface area contributed by atoms with E-state index in [-0.39, 0.29) is 17.5 Å². The van der Waals surface area contributed by atoms with E-state index in [2.05, 4.69) is 4.98 Å². The molecule has 2 aromatic carbocycles. The van der Waals surface area contributed by atoms with Gasteiger partial charge < -0.3 is 9.32 Å². The Bertz CT molecular complexity index is 1060. The molecule has 8 heteroatoms. The topological polar surface area (TPSA) is 46.3 Å². The first-order valence-corrected chi connectivity index (χ1v) is 10.3. The van der Waals surface area contributed by atoms with Gasteiger partial charge in [-0.25, -0.2) is 4.98 Å². The molecule has 0 saturated carbocycles. The summed E-state index contributed by atoms with van der Waals surface area (Å²) in [7, 11) is 0. The molecule has 1 aliphatic rings. The van der Waals surface area contributed by atoms with Crippen LogP contribution >= 0.6 is 11.6 Å². The number of alkyl halides is 4. The standard InChI is InChI=1S/C22H20ClF3N2O2/c23-11-3-8-20(29)28-12-4-7-18(28)21-27-17-13-14(9-10-19(17)30-21)15-5-1-2-6-16(15)22(24,25)26/h1-2,5-6,9-10,13,18H,3-4,7-8,11-12H2. The fourth-order valence-corrected chi connectivity index (χ4v) is 4.05. The molecule has 1 atom stereocenters. The van der Waals surface area contributed by atoms with Gasteiger partial charge in [0.25, 0.3) is 0 Å². The Kier molecular flexibility index (Phi) is 5.73. The summed E-state index contributed by atoms with van der Waals surface area (Å²) < 4.78 is 46.0. The normalized spacial score (nSPS) is 17.1. The molecule has 0 bridgehead atoms. The molecule has 158 valence electrons. The molecule has 1 amide bonds. The summed E-state index contributed by atoms with van der Waals surface area (Å²) in [6.07, 6.45) is -1.88. The van der Waals surface area contributed by atoms with Crippen molar-refractivity contribution in [3.05, 3.63) is 53.9 Å². The quantitative estimate of drug-likeness (QED) is 0.447. The van der Waals surface area contributed by atoms with E-state index in [1.807, 2.05) is 0 Å². The van der Waals surface area contributed by atoms with Crippen LogP contribution in [0.4, 0.5) is 13.2 Å². The van der Waals surface area contributed by atoms with E-state index in [0.29, 0.717) is 47.8 Å². The van der Waals surface area contributed by atoms with Gasteiger partial charge in [-0.1, -0.05) is 24.3 Å². The number of carbonyl (C=O) groups is 1. The Labute approximate surface area is 176 Å². The SMILES string of the molecule is O=C(CCCCl)N1CCCC1c1nc2cc(-c3ccccc3C(F)(F)F)ccc2o1. The number of carbonyl (C=O) groups excluding carboxylic acids is 1. The second-order valence-corrected chi connectivity index (χ2v) is 7.69. The minimum atomic E-state index is -4.45. The van der Waals surface area contributed by atoms with E-state index >= 15 is 0 Å². The Balaban J connectivity index is 1.66. The second kappa shape index (κ2) is 8.30. The molecule has 0 N–H and O–H groups in total. The Morgan fingerprint density at radius 2 is 2.03 bits per heavy atom. The Hall–Kier alpha value is -2.54. The number of rotatable bonds is 5. The molecule has 4 nitrogen and oxygen atoms in total. The third kappa shape index (κ3) is 4.03. The van der Waals surface area contributed by atoms with E-state index in [1.54, 1.807) is 29.2 Å². The van der Waals surface area contributed by atoms with Crippen LogP contribution in [-0.2, 0) is 11.0 Å². The molecule has 1 aromatic heterocycles. The fourth-order valence-electron chi connectivity index (χ4n) is 3.92. The molecule has 2 heterocycles. The van der Waals surface area contributed by atoms with Crippen LogP contribution in [0.5, 0.6) is 0 Å². The number of halogens is 4. The molecular weight excluding hydrogens is 417 g/mol. The zero-order valence-electron chi connectivity index (χ0n) is 16.1. The number of benzene rings is 2. The molecule has 1 saturated heterocycles. The maximum Gasteiger partial charge on any atom is 0.417 e. The van der Waals surface area contributed by atoms with Crippen molar-refractivity contribution in [2.24, 2.45) is 0 Å². The van der Waals surface area contributed by atoms with Crippen LogP contribution in [0.3, 0.4) is 0 Å². The number of amides is 1. The van der Waals surface area contributed by atoms with Crippen LogP contribution in [-0.4, -0.2) is 28.2 Å². The van der Waals surface area contributed by atoms with E-state index in [9.17, 15) is 18.0 Å². The van der Waals surface area contributed by atoms with Gasteiger partial charge in [-0.3, -0.25) is 4.79 Å². The van der Waals surface area contributed by atoms with Gasteiger partial charge in [0.15, 0.2) is 5.58 Å². The lowest BCUT2D eigenvalue weighted by molar-refractivity contribution is -0.137. The largest absolute Gasteiger partial charge is 0.438 e. The van der Waals surface area contributed by atoms with Crippen LogP contribution in [0.1, 0.15) is 43.2 Å². The molecule has 1 aliphatic heterocycles. The number of hydrogen-bond acceptors (Lipinski definition) is 3. The number of hydrogen-bond donors (Lipinski definition) is 0. The summed E-state index contributed by atoms with van der Waals surface area (Å²) in [5, 5.41) is 0. The highest BCUT2D eigenvalue weighted by Crippen LogP contribution is 2.39. The van der Waals surface area contributed by atoms with Gasteiger partial charge >= 0.3 is 6.18 Å². The summed E-state index contributed by atoms with van der Waals surface area (Å²) in [5.74, 6) is 0.859. The Morgan fingerprint density at radius 1 is 1.23 bits per heavy atom. The van der Waals surface area contributed by atoms with Gasteiger partial charge in [0.05, 0.1) is 5.56 Å². The highest BCUT2D eigenvalue weighted by Gasteiger charge is 2.34. The maximum atomic E-state index is 13.4. The highest BCUT2D eigenvalue weighted by molar-refractivity contribution is 6.17. The first-order valence-electron chi connectivity index (χ1n) is 9.81. The van der Waals surface area contributed by atoms with Gasteiger partial charge in [0, 0.05) is 18.8 Å². The van der Waals surface area contributed by atoms with Gasteiger partial charge in [0.1, 0.15) is 11.6 Å². The van der Waals surface area contributed by atoms with Crippen molar-refractivity contribution in [1.82, 2.24) is 9.88 Å².